The van der Waals surface area contributed by atoms with E-state index in [-0.39, 0.29) is 11.8 Å². The van der Waals surface area contributed by atoms with Crippen LogP contribution in [0.3, 0.4) is 0 Å². The third kappa shape index (κ3) is 67.4. The fourth-order valence-corrected chi connectivity index (χ4v) is 7.88. The number of carboxylic acids is 1. The van der Waals surface area contributed by atoms with Crippen molar-refractivity contribution in [2.75, 3.05) is 32.7 Å². The maximum atomic E-state index is 12.3. The molecule has 8 nitrogen and oxygen atoms in total. The number of hydrogen-bond acceptors (Lipinski definition) is 7. The van der Waals surface area contributed by atoms with Crippen LogP contribution in [0.1, 0.15) is 297 Å². The van der Waals surface area contributed by atoms with Crippen molar-refractivity contribution in [1.29, 1.82) is 0 Å². The van der Waals surface area contributed by atoms with Gasteiger partial charge in [0.05, 0.1) is 6.04 Å². The molecule has 0 aliphatic heterocycles. The molecule has 0 spiro atoms. The first-order valence-corrected chi connectivity index (χ1v) is 27.9. The molecule has 1 atom stereocenters. The molecule has 0 aromatic heterocycles. The van der Waals surface area contributed by atoms with E-state index in [1.807, 2.05) is 0 Å². The van der Waals surface area contributed by atoms with Crippen LogP contribution in [0.2, 0.25) is 0 Å². The predicted molar refractivity (Wildman–Crippen MR) is 277 cm³/mol. The van der Waals surface area contributed by atoms with E-state index < -0.39 is 5.97 Å². The first-order chi connectivity index (χ1) is 30.8. The van der Waals surface area contributed by atoms with Crippen LogP contribution in [0, 0.1) is 0 Å². The van der Waals surface area contributed by atoms with Crippen LogP contribution in [0.25, 0.3) is 0 Å². The van der Waals surface area contributed by atoms with Gasteiger partial charge in [-0.25, -0.2) is 0 Å². The van der Waals surface area contributed by atoms with Crippen LogP contribution < -0.4 is 22.1 Å². The molecular formula is C55H114N4O4. The average molecular weight is 896 g/mol. The van der Waals surface area contributed by atoms with Gasteiger partial charge in [-0.1, -0.05) is 220 Å². The summed E-state index contributed by atoms with van der Waals surface area (Å²) in [6.45, 7) is 13.5. The van der Waals surface area contributed by atoms with Gasteiger partial charge >= 0.3 is 5.97 Å². The largest absolute Gasteiger partial charge is 0.481 e. The van der Waals surface area contributed by atoms with Crippen molar-refractivity contribution in [3.05, 3.63) is 0 Å². The lowest BCUT2D eigenvalue weighted by Gasteiger charge is -2.11. The number of unbranched alkanes of at least 4 members (excludes halogenated alkanes) is 32. The lowest BCUT2D eigenvalue weighted by molar-refractivity contribution is -0.137. The molecule has 0 saturated heterocycles. The number of carbonyl (C=O) groups is 3. The number of nitrogens with two attached hydrogens (primary N) is 2. The number of Topliss-reactive ketones (excluding diaryl/α,β-unsaturated/α-hetero) is 2. The molecule has 0 amide bonds. The van der Waals surface area contributed by atoms with E-state index in [9.17, 15) is 14.4 Å². The molecule has 0 aromatic carbocycles. The van der Waals surface area contributed by atoms with Crippen LogP contribution in [0.15, 0.2) is 0 Å². The Bertz CT molecular complexity index is 861. The Kier molecular flexibility index (Phi) is 63.5. The lowest BCUT2D eigenvalue weighted by atomic mass is 10.0. The van der Waals surface area contributed by atoms with E-state index in [4.69, 9.17) is 16.6 Å². The van der Waals surface area contributed by atoms with E-state index in [0.29, 0.717) is 18.6 Å². The van der Waals surface area contributed by atoms with E-state index in [0.717, 1.165) is 96.9 Å². The molecule has 0 radical (unpaired) electrons. The summed E-state index contributed by atoms with van der Waals surface area (Å²) in [6.07, 6.45) is 51.6. The minimum absolute atomic E-state index is 0.248. The van der Waals surface area contributed by atoms with Crippen LogP contribution in [-0.2, 0) is 14.4 Å². The molecule has 0 aromatic rings. The van der Waals surface area contributed by atoms with Crippen molar-refractivity contribution in [2.45, 2.75) is 303 Å². The van der Waals surface area contributed by atoms with Crippen molar-refractivity contribution in [2.24, 2.45) is 11.5 Å². The third-order valence-electron chi connectivity index (χ3n) is 12.2. The minimum atomic E-state index is -0.663. The molecule has 7 N–H and O–H groups in total. The average Bonchev–Trinajstić information content (AvgIpc) is 3.27. The summed E-state index contributed by atoms with van der Waals surface area (Å²) in [6, 6.07) is -0.248. The first-order valence-electron chi connectivity index (χ1n) is 27.9. The van der Waals surface area contributed by atoms with Gasteiger partial charge in [-0.15, -0.1) is 0 Å². The van der Waals surface area contributed by atoms with E-state index >= 15 is 0 Å². The summed E-state index contributed by atoms with van der Waals surface area (Å²) in [4.78, 5) is 33.0. The molecule has 0 heterocycles. The van der Waals surface area contributed by atoms with Gasteiger partial charge in [0.2, 0.25) is 0 Å². The zero-order valence-corrected chi connectivity index (χ0v) is 43.1. The van der Waals surface area contributed by atoms with Crippen LogP contribution in [-0.4, -0.2) is 61.4 Å². The van der Waals surface area contributed by atoms with Gasteiger partial charge in [0, 0.05) is 19.3 Å². The molecule has 0 bridgehead atoms. The lowest BCUT2D eigenvalue weighted by Crippen LogP contribution is -2.30. The third-order valence-corrected chi connectivity index (χ3v) is 12.2. The van der Waals surface area contributed by atoms with E-state index in [1.165, 1.54) is 193 Å². The van der Waals surface area contributed by atoms with E-state index in [1.54, 1.807) is 6.92 Å². The normalized spacial score (nSPS) is 11.5. The van der Waals surface area contributed by atoms with Gasteiger partial charge in [-0.3, -0.25) is 9.59 Å². The Morgan fingerprint density at radius 1 is 0.397 bits per heavy atom. The number of rotatable bonds is 50. The van der Waals surface area contributed by atoms with Gasteiger partial charge in [-0.2, -0.15) is 0 Å². The zero-order valence-electron chi connectivity index (χ0n) is 43.1. The highest BCUT2D eigenvalue weighted by Gasteiger charge is 2.12. The Hall–Kier alpha value is -1.35. The fourth-order valence-electron chi connectivity index (χ4n) is 7.88. The summed E-state index contributed by atoms with van der Waals surface area (Å²) in [5.41, 5.74) is 11.6. The van der Waals surface area contributed by atoms with Crippen molar-refractivity contribution < 1.29 is 19.5 Å². The molecular weight excluding hydrogens is 781 g/mol. The zero-order chi connectivity index (χ0) is 47.0. The number of carbonyl (C=O) groups excluding carboxylic acids is 2. The van der Waals surface area contributed by atoms with Crippen LogP contribution >= 0.6 is 0 Å². The molecule has 0 unspecified atom stereocenters. The first kappa shape index (κ1) is 65.9. The molecule has 378 valence electrons. The molecule has 0 aliphatic rings. The van der Waals surface area contributed by atoms with Gasteiger partial charge < -0.3 is 32.0 Å². The summed E-state index contributed by atoms with van der Waals surface area (Å²) >= 11 is 0. The van der Waals surface area contributed by atoms with Gasteiger partial charge in [0.25, 0.3) is 0 Å². The summed E-state index contributed by atoms with van der Waals surface area (Å²) in [5.74, 6) is -0.0546. The Morgan fingerprint density at radius 2 is 0.683 bits per heavy atom. The molecule has 0 aliphatic carbocycles. The summed E-state index contributed by atoms with van der Waals surface area (Å²) in [5, 5.41) is 15.4. The smallest absolute Gasteiger partial charge is 0.303 e. The predicted octanol–water partition coefficient (Wildman–Crippen LogP) is 15.1. The van der Waals surface area contributed by atoms with Gasteiger partial charge in [0.15, 0.2) is 0 Å². The molecule has 0 saturated carbocycles. The maximum Gasteiger partial charge on any atom is 0.303 e. The number of hydrogen-bond donors (Lipinski definition) is 5. The number of ketones is 2. The minimum Gasteiger partial charge on any atom is -0.481 e. The second kappa shape index (κ2) is 60.6. The Morgan fingerprint density at radius 3 is 1.02 bits per heavy atom. The van der Waals surface area contributed by atoms with Crippen molar-refractivity contribution in [1.82, 2.24) is 10.6 Å². The molecule has 8 heteroatoms. The van der Waals surface area contributed by atoms with Crippen molar-refractivity contribution >= 4 is 17.5 Å². The molecule has 0 fully saturated rings. The topological polar surface area (TPSA) is 148 Å². The second-order valence-corrected chi connectivity index (χ2v) is 18.9. The highest BCUT2D eigenvalue weighted by molar-refractivity contribution is 5.83. The van der Waals surface area contributed by atoms with E-state index in [2.05, 4.69) is 31.4 Å². The Labute approximate surface area is 394 Å². The SMILES string of the molecule is CCCCCCCCCC(=O)O.CCCCCCCCCC(C)=O.CCCCCCCCCCCCCCCCNCCCC[C@H](N)C(=O)CCCCCCCCCNCCCN. The highest BCUT2D eigenvalue weighted by Crippen LogP contribution is 2.14. The summed E-state index contributed by atoms with van der Waals surface area (Å²) < 4.78 is 0. The molecule has 0 rings (SSSR count). The number of nitrogens with one attached hydrogen (secondary N) is 2. The fraction of sp³-hybridized carbons (Fsp3) is 0.945. The van der Waals surface area contributed by atoms with Crippen molar-refractivity contribution in [3.8, 4) is 0 Å². The van der Waals surface area contributed by atoms with Gasteiger partial charge in [0.1, 0.15) is 11.6 Å². The maximum absolute atomic E-state index is 12.3. The monoisotopic (exact) mass is 895 g/mol. The molecule has 63 heavy (non-hydrogen) atoms. The summed E-state index contributed by atoms with van der Waals surface area (Å²) in [7, 11) is 0. The number of carboxylic acid groups (broad SMARTS) is 1. The Balaban J connectivity index is -0.00000121. The highest BCUT2D eigenvalue weighted by atomic mass is 16.4. The van der Waals surface area contributed by atoms with Crippen LogP contribution in [0.4, 0.5) is 0 Å². The van der Waals surface area contributed by atoms with Gasteiger partial charge in [-0.05, 0) is 91.0 Å². The van der Waals surface area contributed by atoms with Crippen LogP contribution in [0.5, 0.6) is 0 Å². The van der Waals surface area contributed by atoms with Crippen molar-refractivity contribution in [3.63, 3.8) is 0 Å². The quantitative estimate of drug-likeness (QED) is 0.0379. The standard InChI is InChI=1S/C34H72N4O.C11H22O.C10H20O2/c1-2-3-4-5-6-7-8-9-10-11-12-15-18-22-29-37-31-24-21-26-33(36)34(39)27-20-17-14-13-16-19-23-30-38-32-25-28-35;1-3-4-5-6-7-8-9-10-11(2)12;1-2-3-4-5-6-7-8-9-10(11)12/h33,37-38H,2-32,35-36H2,1H3;3-10H2,1-2H3;2-9H2,1H3,(H,11,12)/t33-;;/m0../s1. The number of aliphatic carboxylic acids is 1. The second-order valence-electron chi connectivity index (χ2n) is 18.9.